The molecular weight excluding hydrogens is 575 g/mol. The number of nitro benzene ring substituents is 2. The molecule has 4 rings (SSSR count). The van der Waals surface area contributed by atoms with E-state index in [9.17, 15) is 38.2 Å². The Hall–Kier alpha value is -4.50. The Morgan fingerprint density at radius 2 is 1.73 bits per heavy atom. The summed E-state index contributed by atoms with van der Waals surface area (Å²) >= 11 is 6.30. The van der Waals surface area contributed by atoms with Gasteiger partial charge in [0.15, 0.2) is 15.8 Å². The molecule has 0 aliphatic carbocycles. The number of amides is 1. The molecule has 206 valence electrons. The van der Waals surface area contributed by atoms with Crippen molar-refractivity contribution in [2.75, 3.05) is 11.5 Å². The summed E-state index contributed by atoms with van der Waals surface area (Å²) in [6.45, 7) is 1.82. The number of nitro groups is 2. The maximum Gasteiger partial charge on any atom is 0.416 e. The Balaban J connectivity index is 1.64. The van der Waals surface area contributed by atoms with E-state index in [1.807, 2.05) is 0 Å². The van der Waals surface area contributed by atoms with E-state index < -0.39 is 38.9 Å². The van der Waals surface area contributed by atoms with Crippen LogP contribution in [0.5, 0.6) is 17.2 Å². The first-order valence-electron chi connectivity index (χ1n) is 11.2. The van der Waals surface area contributed by atoms with E-state index >= 15 is 0 Å². The van der Waals surface area contributed by atoms with Crippen molar-refractivity contribution in [2.24, 2.45) is 0 Å². The Bertz CT molecular complexity index is 1580. The van der Waals surface area contributed by atoms with Gasteiger partial charge in [-0.05, 0) is 48.9 Å². The topological polar surface area (TPSA) is 125 Å². The number of anilines is 1. The first-order valence-corrected chi connectivity index (χ1v) is 12.4. The van der Waals surface area contributed by atoms with Crippen LogP contribution in [0.4, 0.5) is 30.2 Å². The quantitative estimate of drug-likeness (QED) is 0.116. The SMILES string of the molecule is CCOc1cc(/C=C2/SC(=S)N(c3cccc([N+](=O)[O-])c3)C2=O)ccc1Oc1ccc(C(F)(F)F)cc1[N+](=O)[O-]. The second-order valence-electron chi connectivity index (χ2n) is 7.97. The second-order valence-corrected chi connectivity index (χ2v) is 9.65. The van der Waals surface area contributed by atoms with E-state index in [4.69, 9.17) is 21.7 Å². The van der Waals surface area contributed by atoms with Crippen molar-refractivity contribution < 1.29 is 37.3 Å². The highest BCUT2D eigenvalue weighted by Gasteiger charge is 2.35. The van der Waals surface area contributed by atoms with E-state index in [0.717, 1.165) is 17.8 Å². The Morgan fingerprint density at radius 1 is 1.00 bits per heavy atom. The van der Waals surface area contributed by atoms with Crippen molar-refractivity contribution in [1.29, 1.82) is 0 Å². The number of carbonyl (C=O) groups is 1. The summed E-state index contributed by atoms with van der Waals surface area (Å²) in [5, 5.41) is 22.5. The average molecular weight is 592 g/mol. The van der Waals surface area contributed by atoms with E-state index in [-0.39, 0.29) is 38.7 Å². The summed E-state index contributed by atoms with van der Waals surface area (Å²) < 4.78 is 50.4. The lowest BCUT2D eigenvalue weighted by atomic mass is 10.1. The Labute approximate surface area is 233 Å². The molecule has 3 aromatic rings. The largest absolute Gasteiger partial charge is 0.490 e. The van der Waals surface area contributed by atoms with Gasteiger partial charge in [0.25, 0.3) is 11.6 Å². The molecule has 1 amide bonds. The fourth-order valence-electron chi connectivity index (χ4n) is 3.60. The number of thiocarbonyl (C=S) groups is 1. The molecular formula is C25H16F3N3O7S2. The smallest absolute Gasteiger partial charge is 0.416 e. The lowest BCUT2D eigenvalue weighted by Gasteiger charge is -2.14. The summed E-state index contributed by atoms with van der Waals surface area (Å²) in [5.74, 6) is -0.829. The fraction of sp³-hybridized carbons (Fsp3) is 0.120. The lowest BCUT2D eigenvalue weighted by Crippen LogP contribution is -2.27. The van der Waals surface area contributed by atoms with E-state index in [1.54, 1.807) is 6.92 Å². The third kappa shape index (κ3) is 6.05. The van der Waals surface area contributed by atoms with E-state index in [0.29, 0.717) is 17.7 Å². The number of alkyl halides is 3. The molecule has 1 saturated heterocycles. The minimum Gasteiger partial charge on any atom is -0.490 e. The van der Waals surface area contributed by atoms with Crippen LogP contribution in [0.3, 0.4) is 0 Å². The van der Waals surface area contributed by atoms with E-state index in [1.165, 1.54) is 53.4 Å². The average Bonchev–Trinajstić information content (AvgIpc) is 3.17. The summed E-state index contributed by atoms with van der Waals surface area (Å²) in [5.41, 5.74) is -1.60. The molecule has 0 atom stereocenters. The first-order chi connectivity index (χ1) is 18.9. The summed E-state index contributed by atoms with van der Waals surface area (Å²) in [6, 6.07) is 11.7. The highest BCUT2D eigenvalue weighted by atomic mass is 32.2. The predicted octanol–water partition coefficient (Wildman–Crippen LogP) is 7.12. The number of nitrogens with zero attached hydrogens (tertiary/aromatic N) is 3. The number of halogens is 3. The molecule has 1 fully saturated rings. The molecule has 1 aliphatic heterocycles. The van der Waals surface area contributed by atoms with Gasteiger partial charge in [-0.1, -0.05) is 36.1 Å². The van der Waals surface area contributed by atoms with Crippen LogP contribution in [0, 0.1) is 20.2 Å². The zero-order valence-electron chi connectivity index (χ0n) is 20.2. The number of ether oxygens (including phenoxy) is 2. The van der Waals surface area contributed by atoms with Gasteiger partial charge in [-0.25, -0.2) is 0 Å². The van der Waals surface area contributed by atoms with Gasteiger partial charge in [-0.3, -0.25) is 29.9 Å². The highest BCUT2D eigenvalue weighted by Crippen LogP contribution is 2.42. The number of hydrogen-bond acceptors (Lipinski definition) is 9. The lowest BCUT2D eigenvalue weighted by molar-refractivity contribution is -0.385. The molecule has 15 heteroatoms. The van der Waals surface area contributed by atoms with Crippen molar-refractivity contribution in [1.82, 2.24) is 0 Å². The molecule has 40 heavy (non-hydrogen) atoms. The number of non-ortho nitro benzene ring substituents is 1. The zero-order valence-corrected chi connectivity index (χ0v) is 21.8. The minimum absolute atomic E-state index is 0.00833. The van der Waals surface area contributed by atoms with Crippen LogP contribution in [-0.2, 0) is 11.0 Å². The molecule has 10 nitrogen and oxygen atoms in total. The predicted molar refractivity (Wildman–Crippen MR) is 145 cm³/mol. The Morgan fingerprint density at radius 3 is 2.38 bits per heavy atom. The van der Waals surface area contributed by atoms with Crippen LogP contribution in [0.2, 0.25) is 0 Å². The van der Waals surface area contributed by atoms with Crippen LogP contribution in [0.15, 0.2) is 65.6 Å². The molecule has 0 saturated carbocycles. The fourth-order valence-corrected chi connectivity index (χ4v) is 4.89. The summed E-state index contributed by atoms with van der Waals surface area (Å²) in [6.07, 6.45) is -3.28. The van der Waals surface area contributed by atoms with Crippen molar-refractivity contribution in [3.63, 3.8) is 0 Å². The number of carbonyl (C=O) groups excluding carboxylic acids is 1. The van der Waals surface area contributed by atoms with Crippen LogP contribution < -0.4 is 14.4 Å². The minimum atomic E-state index is -4.78. The molecule has 3 aromatic carbocycles. The van der Waals surface area contributed by atoms with Crippen molar-refractivity contribution in [3.8, 4) is 17.2 Å². The van der Waals surface area contributed by atoms with Gasteiger partial charge in [-0.2, -0.15) is 13.2 Å². The first kappa shape index (κ1) is 28.5. The maximum atomic E-state index is 13.1. The van der Waals surface area contributed by atoms with E-state index in [2.05, 4.69) is 0 Å². The Kier molecular flexibility index (Phi) is 8.06. The van der Waals surface area contributed by atoms with Gasteiger partial charge in [0.05, 0.1) is 32.6 Å². The molecule has 0 unspecified atom stereocenters. The van der Waals surface area contributed by atoms with Gasteiger partial charge in [-0.15, -0.1) is 0 Å². The van der Waals surface area contributed by atoms with Crippen molar-refractivity contribution >= 4 is 57.3 Å². The van der Waals surface area contributed by atoms with Gasteiger partial charge < -0.3 is 9.47 Å². The maximum absolute atomic E-state index is 13.1. The van der Waals surface area contributed by atoms with Crippen molar-refractivity contribution in [2.45, 2.75) is 13.1 Å². The summed E-state index contributed by atoms with van der Waals surface area (Å²) in [7, 11) is 0. The summed E-state index contributed by atoms with van der Waals surface area (Å²) in [4.78, 5) is 35.5. The molecule has 0 N–H and O–H groups in total. The zero-order chi connectivity index (χ0) is 29.2. The molecule has 0 radical (unpaired) electrons. The standard InChI is InChI=1S/C25H16F3N3O7S2/c1-2-37-21-10-14(6-8-20(21)38-19-9-7-15(25(26,27)28)12-18(19)31(35)36)11-22-23(32)29(24(39)40-22)16-4-3-5-17(13-16)30(33)34/h3-13H,2H2,1H3/b22-11+. The monoisotopic (exact) mass is 591 g/mol. The highest BCUT2D eigenvalue weighted by molar-refractivity contribution is 8.27. The third-order valence-electron chi connectivity index (χ3n) is 5.36. The van der Waals surface area contributed by atoms with Crippen LogP contribution in [-0.4, -0.2) is 26.7 Å². The van der Waals surface area contributed by atoms with Gasteiger partial charge in [0.1, 0.15) is 0 Å². The van der Waals surface area contributed by atoms with Gasteiger partial charge in [0.2, 0.25) is 5.75 Å². The molecule has 1 aliphatic rings. The molecule has 1 heterocycles. The molecule has 0 spiro atoms. The number of rotatable bonds is 8. The van der Waals surface area contributed by atoms with Crippen molar-refractivity contribution in [3.05, 3.63) is 96.9 Å². The van der Waals surface area contributed by atoms with Gasteiger partial charge in [0, 0.05) is 18.2 Å². The van der Waals surface area contributed by atoms with Gasteiger partial charge >= 0.3 is 11.9 Å². The number of hydrogen-bond donors (Lipinski definition) is 0. The molecule has 0 aromatic heterocycles. The third-order valence-corrected chi connectivity index (χ3v) is 6.66. The normalized spacial score (nSPS) is 14.5. The number of benzene rings is 3. The second kappa shape index (κ2) is 11.3. The van der Waals surface area contributed by atoms with Crippen LogP contribution in [0.25, 0.3) is 6.08 Å². The van der Waals surface area contributed by atoms with Crippen LogP contribution in [0.1, 0.15) is 18.1 Å². The van der Waals surface area contributed by atoms with Crippen LogP contribution >= 0.6 is 24.0 Å². The molecule has 0 bridgehead atoms. The number of thioether (sulfide) groups is 1.